The summed E-state index contributed by atoms with van der Waals surface area (Å²) in [6.45, 7) is 2.21. The lowest BCUT2D eigenvalue weighted by Crippen LogP contribution is -2.26. The van der Waals surface area contributed by atoms with Crippen LogP contribution in [0.3, 0.4) is 0 Å². The average molecular weight is 411 g/mol. The minimum atomic E-state index is -1.36. The molecule has 0 fully saturated rings. The fraction of sp³-hybridized carbons (Fsp3) is 0.130. The second-order valence-electron chi connectivity index (χ2n) is 6.24. The van der Waals surface area contributed by atoms with Crippen LogP contribution < -0.4 is 10.1 Å². The van der Waals surface area contributed by atoms with Crippen molar-refractivity contribution >= 4 is 17.6 Å². The van der Waals surface area contributed by atoms with E-state index in [1.165, 1.54) is 0 Å². The lowest BCUT2D eigenvalue weighted by atomic mass is 10.1. The molecule has 0 aliphatic heterocycles. The number of ether oxygens (including phenoxy) is 2. The molecule has 0 aliphatic rings. The van der Waals surface area contributed by atoms with Crippen LogP contribution in [0.2, 0.25) is 0 Å². The summed E-state index contributed by atoms with van der Waals surface area (Å²) in [6, 6.07) is 17.6. The zero-order valence-corrected chi connectivity index (χ0v) is 16.1. The number of rotatable bonds is 7. The molecular weight excluding hydrogens is 392 g/mol. The van der Waals surface area contributed by atoms with Crippen molar-refractivity contribution in [3.8, 4) is 5.75 Å². The Hall–Kier alpha value is -3.74. The SMILES string of the molecule is CCOc1ccccc1NC(=O)[C@@H](OC(=O)c1ccc(F)cc1F)c1ccccc1. The van der Waals surface area contributed by atoms with Gasteiger partial charge in [0.1, 0.15) is 17.4 Å². The highest BCUT2D eigenvalue weighted by molar-refractivity contribution is 5.99. The van der Waals surface area contributed by atoms with E-state index in [4.69, 9.17) is 9.47 Å². The average Bonchev–Trinajstić information content (AvgIpc) is 2.74. The van der Waals surface area contributed by atoms with Crippen molar-refractivity contribution in [3.63, 3.8) is 0 Å². The Morgan fingerprint density at radius 1 is 0.967 bits per heavy atom. The molecule has 0 aromatic heterocycles. The van der Waals surface area contributed by atoms with Gasteiger partial charge in [0.05, 0.1) is 17.9 Å². The third-order valence-corrected chi connectivity index (χ3v) is 4.16. The monoisotopic (exact) mass is 411 g/mol. The molecule has 0 aliphatic carbocycles. The van der Waals surface area contributed by atoms with Gasteiger partial charge in [-0.1, -0.05) is 42.5 Å². The lowest BCUT2D eigenvalue weighted by molar-refractivity contribution is -0.125. The summed E-state index contributed by atoms with van der Waals surface area (Å²) in [5.41, 5.74) is 0.314. The van der Waals surface area contributed by atoms with Gasteiger partial charge in [-0.3, -0.25) is 4.79 Å². The van der Waals surface area contributed by atoms with Gasteiger partial charge in [0, 0.05) is 11.6 Å². The number of carbonyl (C=O) groups excluding carboxylic acids is 2. The summed E-state index contributed by atoms with van der Waals surface area (Å²) in [5, 5.41) is 2.68. The van der Waals surface area contributed by atoms with Crippen LogP contribution >= 0.6 is 0 Å². The highest BCUT2D eigenvalue weighted by Crippen LogP contribution is 2.27. The molecule has 3 aromatic carbocycles. The number of para-hydroxylation sites is 2. The Labute approximate surface area is 172 Å². The molecule has 154 valence electrons. The predicted molar refractivity (Wildman–Crippen MR) is 107 cm³/mol. The number of benzene rings is 3. The zero-order chi connectivity index (χ0) is 21.5. The molecular formula is C23H19F2NO4. The van der Waals surface area contributed by atoms with Crippen LogP contribution in [0.15, 0.2) is 72.8 Å². The fourth-order valence-electron chi connectivity index (χ4n) is 2.78. The van der Waals surface area contributed by atoms with Gasteiger partial charge in [0.15, 0.2) is 0 Å². The van der Waals surface area contributed by atoms with Crippen LogP contribution in [0, 0.1) is 11.6 Å². The van der Waals surface area contributed by atoms with Crippen molar-refractivity contribution in [2.75, 3.05) is 11.9 Å². The first-order chi connectivity index (χ1) is 14.5. The van der Waals surface area contributed by atoms with Gasteiger partial charge in [-0.05, 0) is 31.2 Å². The Morgan fingerprint density at radius 3 is 2.37 bits per heavy atom. The summed E-state index contributed by atoms with van der Waals surface area (Å²) in [6.07, 6.45) is -1.36. The molecule has 0 unspecified atom stereocenters. The van der Waals surface area contributed by atoms with E-state index in [1.807, 2.05) is 6.92 Å². The smallest absolute Gasteiger partial charge is 0.342 e. The molecule has 1 amide bonds. The molecule has 0 bridgehead atoms. The zero-order valence-electron chi connectivity index (χ0n) is 16.1. The maximum absolute atomic E-state index is 14.0. The second-order valence-corrected chi connectivity index (χ2v) is 6.24. The molecule has 3 rings (SSSR count). The topological polar surface area (TPSA) is 64.6 Å². The summed E-state index contributed by atoms with van der Waals surface area (Å²) >= 11 is 0. The summed E-state index contributed by atoms with van der Waals surface area (Å²) in [4.78, 5) is 25.5. The minimum absolute atomic E-state index is 0.389. The van der Waals surface area contributed by atoms with Crippen LogP contribution in [0.4, 0.5) is 14.5 Å². The number of hydrogen-bond donors (Lipinski definition) is 1. The van der Waals surface area contributed by atoms with Crippen molar-refractivity contribution in [1.82, 2.24) is 0 Å². The van der Waals surface area contributed by atoms with Gasteiger partial charge in [-0.2, -0.15) is 0 Å². The number of nitrogens with one attached hydrogen (secondary N) is 1. The lowest BCUT2D eigenvalue weighted by Gasteiger charge is -2.19. The number of anilines is 1. The summed E-state index contributed by atoms with van der Waals surface area (Å²) in [5.74, 6) is -3.18. The first-order valence-corrected chi connectivity index (χ1v) is 9.23. The van der Waals surface area contributed by atoms with Crippen LogP contribution in [-0.4, -0.2) is 18.5 Å². The fourth-order valence-corrected chi connectivity index (χ4v) is 2.78. The molecule has 7 heteroatoms. The number of hydrogen-bond acceptors (Lipinski definition) is 4. The molecule has 30 heavy (non-hydrogen) atoms. The minimum Gasteiger partial charge on any atom is -0.492 e. The Balaban J connectivity index is 1.88. The van der Waals surface area contributed by atoms with Gasteiger partial charge >= 0.3 is 5.97 Å². The quantitative estimate of drug-likeness (QED) is 0.562. The number of amides is 1. The van der Waals surface area contributed by atoms with Gasteiger partial charge < -0.3 is 14.8 Å². The van der Waals surface area contributed by atoms with E-state index >= 15 is 0 Å². The molecule has 0 heterocycles. The highest BCUT2D eigenvalue weighted by atomic mass is 19.1. The second kappa shape index (κ2) is 9.65. The van der Waals surface area contributed by atoms with Crippen LogP contribution in [0.25, 0.3) is 0 Å². The molecule has 1 N–H and O–H groups in total. The van der Waals surface area contributed by atoms with Gasteiger partial charge in [0.2, 0.25) is 6.10 Å². The number of halogens is 2. The Kier molecular flexibility index (Phi) is 6.75. The standard InChI is InChI=1S/C23H19F2NO4/c1-2-29-20-11-7-6-10-19(20)26-22(27)21(15-8-4-3-5-9-15)30-23(28)17-13-12-16(24)14-18(17)25/h3-14,21H,2H2,1H3,(H,26,27)/t21-/m0/s1. The van der Waals surface area contributed by atoms with E-state index in [0.29, 0.717) is 29.7 Å². The van der Waals surface area contributed by atoms with Crippen LogP contribution in [0.5, 0.6) is 5.75 Å². The molecule has 3 aromatic rings. The van der Waals surface area contributed by atoms with Crippen molar-refractivity contribution < 1.29 is 27.8 Å². The molecule has 0 spiro atoms. The largest absolute Gasteiger partial charge is 0.492 e. The molecule has 0 radical (unpaired) electrons. The van der Waals surface area contributed by atoms with Crippen molar-refractivity contribution in [2.24, 2.45) is 0 Å². The highest BCUT2D eigenvalue weighted by Gasteiger charge is 2.27. The van der Waals surface area contributed by atoms with E-state index in [2.05, 4.69) is 5.32 Å². The third-order valence-electron chi connectivity index (χ3n) is 4.16. The maximum atomic E-state index is 14.0. The molecule has 1 atom stereocenters. The van der Waals surface area contributed by atoms with Crippen molar-refractivity contribution in [2.45, 2.75) is 13.0 Å². The van der Waals surface area contributed by atoms with Crippen molar-refractivity contribution in [3.05, 3.63) is 95.6 Å². The van der Waals surface area contributed by atoms with Gasteiger partial charge in [-0.25, -0.2) is 13.6 Å². The van der Waals surface area contributed by atoms with Crippen LogP contribution in [0.1, 0.15) is 28.9 Å². The van der Waals surface area contributed by atoms with E-state index in [9.17, 15) is 18.4 Å². The first kappa shape index (κ1) is 21.0. The number of esters is 1. The normalized spacial score (nSPS) is 11.4. The third kappa shape index (κ3) is 5.00. The van der Waals surface area contributed by atoms with E-state index in [0.717, 1.165) is 12.1 Å². The molecule has 0 saturated carbocycles. The summed E-state index contributed by atoms with van der Waals surface area (Å²) < 4.78 is 37.9. The predicted octanol–water partition coefficient (Wildman–Crippen LogP) is 4.90. The Morgan fingerprint density at radius 2 is 1.67 bits per heavy atom. The number of carbonyl (C=O) groups is 2. The Bertz CT molecular complexity index is 1040. The van der Waals surface area contributed by atoms with Crippen LogP contribution in [-0.2, 0) is 9.53 Å². The molecule has 0 saturated heterocycles. The first-order valence-electron chi connectivity index (χ1n) is 9.23. The maximum Gasteiger partial charge on any atom is 0.342 e. The van der Waals surface area contributed by atoms with Gasteiger partial charge in [0.25, 0.3) is 5.91 Å². The summed E-state index contributed by atoms with van der Waals surface area (Å²) in [7, 11) is 0. The van der Waals surface area contributed by atoms with E-state index < -0.39 is 35.2 Å². The van der Waals surface area contributed by atoms with E-state index in [1.54, 1.807) is 54.6 Å². The van der Waals surface area contributed by atoms with Crippen molar-refractivity contribution in [1.29, 1.82) is 0 Å². The molecule has 5 nitrogen and oxygen atoms in total. The van der Waals surface area contributed by atoms with Gasteiger partial charge in [-0.15, -0.1) is 0 Å². The van der Waals surface area contributed by atoms with E-state index in [-0.39, 0.29) is 0 Å².